The molecule has 0 heterocycles. The van der Waals surface area contributed by atoms with Crippen LogP contribution in [0.25, 0.3) is 0 Å². The fourth-order valence-electron chi connectivity index (χ4n) is 1.73. The van der Waals surface area contributed by atoms with Crippen molar-refractivity contribution in [3.63, 3.8) is 0 Å². The third-order valence-corrected chi connectivity index (χ3v) is 3.34. The molecule has 1 unspecified atom stereocenters. The summed E-state index contributed by atoms with van der Waals surface area (Å²) < 4.78 is 0. The van der Waals surface area contributed by atoms with Crippen LogP contribution in [0, 0.1) is 0 Å². The van der Waals surface area contributed by atoms with E-state index in [1.54, 1.807) is 18.2 Å². The maximum absolute atomic E-state index is 11.5. The molecule has 1 atom stereocenters. The number of nitrogens with two attached hydrogens (primary N) is 1. The highest BCUT2D eigenvalue weighted by Gasteiger charge is 2.23. The quantitative estimate of drug-likeness (QED) is 0.715. The van der Waals surface area contributed by atoms with Gasteiger partial charge >= 0.3 is 0 Å². The van der Waals surface area contributed by atoms with Gasteiger partial charge in [-0.1, -0.05) is 17.7 Å². The topological polar surface area (TPSA) is 75.3 Å². The Kier molecular flexibility index (Phi) is 4.09. The highest BCUT2D eigenvalue weighted by molar-refractivity contribution is 6.33. The van der Waals surface area contributed by atoms with E-state index in [1.165, 1.54) is 0 Å². The van der Waals surface area contributed by atoms with Crippen molar-refractivity contribution in [1.29, 1.82) is 0 Å². The van der Waals surface area contributed by atoms with Crippen LogP contribution in [-0.2, 0) is 4.79 Å². The molecular weight excluding hydrogens is 252 g/mol. The summed E-state index contributed by atoms with van der Waals surface area (Å²) in [6.07, 6.45) is 2.17. The number of aliphatic hydroxyl groups excluding tert-OH is 1. The lowest BCUT2D eigenvalue weighted by Crippen LogP contribution is -2.25. The summed E-state index contributed by atoms with van der Waals surface area (Å²) in [6.45, 7) is 0. The number of nitrogens with one attached hydrogen (secondary N) is 1. The lowest BCUT2D eigenvalue weighted by molar-refractivity contribution is -0.121. The van der Waals surface area contributed by atoms with Gasteiger partial charge in [0.1, 0.15) is 0 Å². The van der Waals surface area contributed by atoms with Crippen LogP contribution in [0.5, 0.6) is 0 Å². The van der Waals surface area contributed by atoms with Gasteiger partial charge in [-0.3, -0.25) is 4.79 Å². The molecule has 4 N–H and O–H groups in total. The van der Waals surface area contributed by atoms with Gasteiger partial charge in [-0.2, -0.15) is 0 Å². The lowest BCUT2D eigenvalue weighted by atomic mass is 10.0. The van der Waals surface area contributed by atoms with Crippen molar-refractivity contribution in [3.05, 3.63) is 28.8 Å². The standard InChI is InChI=1S/C13H17ClN2O2/c14-10-4-1-8(7-11(10)15)12(17)5-6-13(18)16-9-2-3-9/h1,4,7,9,12,17H,2-3,5-6,15H2,(H,16,18). The predicted molar refractivity (Wildman–Crippen MR) is 71.2 cm³/mol. The second-order valence-corrected chi connectivity index (χ2v) is 5.08. The van der Waals surface area contributed by atoms with E-state index in [1.807, 2.05) is 0 Å². The fourth-order valence-corrected chi connectivity index (χ4v) is 1.85. The molecule has 1 saturated carbocycles. The van der Waals surface area contributed by atoms with Crippen molar-refractivity contribution in [2.24, 2.45) is 0 Å². The molecule has 1 aliphatic carbocycles. The summed E-state index contributed by atoms with van der Waals surface area (Å²) in [5.41, 5.74) is 6.80. The first kappa shape index (κ1) is 13.2. The van der Waals surface area contributed by atoms with Gasteiger partial charge in [0.15, 0.2) is 0 Å². The second-order valence-electron chi connectivity index (χ2n) is 4.68. The highest BCUT2D eigenvalue weighted by Crippen LogP contribution is 2.26. The second kappa shape index (κ2) is 5.59. The smallest absolute Gasteiger partial charge is 0.220 e. The minimum Gasteiger partial charge on any atom is -0.398 e. The molecule has 1 fully saturated rings. The fraction of sp³-hybridized carbons (Fsp3) is 0.462. The predicted octanol–water partition coefficient (Wildman–Crippen LogP) is 2.01. The van der Waals surface area contributed by atoms with Crippen molar-refractivity contribution in [1.82, 2.24) is 5.32 Å². The van der Waals surface area contributed by atoms with Gasteiger partial charge in [-0.15, -0.1) is 0 Å². The Labute approximate surface area is 111 Å². The third kappa shape index (κ3) is 3.62. The summed E-state index contributed by atoms with van der Waals surface area (Å²) in [4.78, 5) is 11.5. The first-order chi connectivity index (χ1) is 8.56. The SMILES string of the molecule is Nc1cc(C(O)CCC(=O)NC2CC2)ccc1Cl. The average Bonchev–Trinajstić information content (AvgIpc) is 3.13. The highest BCUT2D eigenvalue weighted by atomic mass is 35.5. The number of hydrogen-bond donors (Lipinski definition) is 3. The molecule has 0 radical (unpaired) electrons. The molecule has 1 amide bonds. The third-order valence-electron chi connectivity index (χ3n) is 2.99. The van der Waals surface area contributed by atoms with Crippen LogP contribution < -0.4 is 11.1 Å². The molecule has 1 aromatic carbocycles. The van der Waals surface area contributed by atoms with E-state index in [9.17, 15) is 9.90 Å². The van der Waals surface area contributed by atoms with Crippen LogP contribution in [-0.4, -0.2) is 17.1 Å². The number of carbonyl (C=O) groups is 1. The first-order valence-corrected chi connectivity index (χ1v) is 6.46. The Morgan fingerprint density at radius 2 is 2.28 bits per heavy atom. The van der Waals surface area contributed by atoms with Gasteiger partial charge in [0, 0.05) is 12.5 Å². The minimum absolute atomic E-state index is 0.00140. The van der Waals surface area contributed by atoms with Crippen molar-refractivity contribution in [2.75, 3.05) is 5.73 Å². The van der Waals surface area contributed by atoms with Crippen LogP contribution in [0.4, 0.5) is 5.69 Å². The van der Waals surface area contributed by atoms with Crippen molar-refractivity contribution in [2.45, 2.75) is 37.8 Å². The van der Waals surface area contributed by atoms with Crippen LogP contribution in [0.1, 0.15) is 37.4 Å². The van der Waals surface area contributed by atoms with Crippen LogP contribution in [0.3, 0.4) is 0 Å². The van der Waals surface area contributed by atoms with Gasteiger partial charge in [0.25, 0.3) is 0 Å². The molecule has 0 spiro atoms. The number of benzene rings is 1. The van der Waals surface area contributed by atoms with E-state index in [0.29, 0.717) is 35.2 Å². The monoisotopic (exact) mass is 268 g/mol. The average molecular weight is 269 g/mol. The van der Waals surface area contributed by atoms with E-state index in [2.05, 4.69) is 5.32 Å². The molecule has 4 nitrogen and oxygen atoms in total. The van der Waals surface area contributed by atoms with Gasteiger partial charge in [-0.25, -0.2) is 0 Å². The van der Waals surface area contributed by atoms with Gasteiger partial charge in [0.2, 0.25) is 5.91 Å². The molecule has 18 heavy (non-hydrogen) atoms. The Morgan fingerprint density at radius 1 is 1.56 bits per heavy atom. The van der Waals surface area contributed by atoms with E-state index in [-0.39, 0.29) is 5.91 Å². The van der Waals surface area contributed by atoms with Crippen molar-refractivity contribution < 1.29 is 9.90 Å². The zero-order valence-electron chi connectivity index (χ0n) is 10.0. The first-order valence-electron chi connectivity index (χ1n) is 6.08. The number of rotatable bonds is 5. The van der Waals surface area contributed by atoms with E-state index in [4.69, 9.17) is 17.3 Å². The van der Waals surface area contributed by atoms with Crippen LogP contribution >= 0.6 is 11.6 Å². The van der Waals surface area contributed by atoms with E-state index in [0.717, 1.165) is 12.8 Å². The normalized spacial score (nSPS) is 16.3. The molecule has 2 rings (SSSR count). The molecular formula is C13H17ClN2O2. The molecule has 0 aliphatic heterocycles. The Hall–Kier alpha value is -1.26. The zero-order valence-corrected chi connectivity index (χ0v) is 10.8. The molecule has 1 aromatic rings. The van der Waals surface area contributed by atoms with E-state index >= 15 is 0 Å². The molecule has 0 saturated heterocycles. The lowest BCUT2D eigenvalue weighted by Gasteiger charge is -2.12. The van der Waals surface area contributed by atoms with Crippen LogP contribution in [0.15, 0.2) is 18.2 Å². The Balaban J connectivity index is 1.84. The maximum Gasteiger partial charge on any atom is 0.220 e. The van der Waals surface area contributed by atoms with Gasteiger partial charge < -0.3 is 16.2 Å². The molecule has 98 valence electrons. The van der Waals surface area contributed by atoms with Crippen molar-refractivity contribution in [3.8, 4) is 0 Å². The number of aliphatic hydroxyl groups is 1. The molecule has 5 heteroatoms. The number of carbonyl (C=O) groups excluding carboxylic acids is 1. The maximum atomic E-state index is 11.5. The van der Waals surface area contributed by atoms with Crippen LogP contribution in [0.2, 0.25) is 5.02 Å². The summed E-state index contributed by atoms with van der Waals surface area (Å²) >= 11 is 5.81. The number of amides is 1. The van der Waals surface area contributed by atoms with Crippen molar-refractivity contribution >= 4 is 23.2 Å². The zero-order chi connectivity index (χ0) is 13.1. The van der Waals surface area contributed by atoms with E-state index < -0.39 is 6.10 Å². The summed E-state index contributed by atoms with van der Waals surface area (Å²) in [5, 5.41) is 13.3. The minimum atomic E-state index is -0.686. The van der Waals surface area contributed by atoms with Gasteiger partial charge in [0.05, 0.1) is 16.8 Å². The molecule has 0 bridgehead atoms. The molecule has 1 aliphatic rings. The molecule has 0 aromatic heterocycles. The number of halogens is 1. The number of anilines is 1. The Bertz CT molecular complexity index is 447. The van der Waals surface area contributed by atoms with Gasteiger partial charge in [-0.05, 0) is 37.0 Å². The summed E-state index contributed by atoms with van der Waals surface area (Å²) in [6, 6.07) is 5.38. The summed E-state index contributed by atoms with van der Waals surface area (Å²) in [7, 11) is 0. The number of nitrogen functional groups attached to an aromatic ring is 1. The Morgan fingerprint density at radius 3 is 2.89 bits per heavy atom. The summed E-state index contributed by atoms with van der Waals surface area (Å²) in [5.74, 6) is -0.00140. The largest absolute Gasteiger partial charge is 0.398 e. The number of hydrogen-bond acceptors (Lipinski definition) is 3.